The quantitative estimate of drug-likeness (QED) is 0.625. The van der Waals surface area contributed by atoms with Gasteiger partial charge in [0.15, 0.2) is 5.11 Å². The van der Waals surface area contributed by atoms with Crippen molar-refractivity contribution < 1.29 is 9.59 Å². The lowest BCUT2D eigenvalue weighted by atomic mass is 10.1. The number of hydrazine groups is 1. The van der Waals surface area contributed by atoms with Crippen LogP contribution in [0.5, 0.6) is 0 Å². The van der Waals surface area contributed by atoms with Crippen LogP contribution in [0.25, 0.3) is 0 Å². The van der Waals surface area contributed by atoms with Gasteiger partial charge in [-0.05, 0) is 49.3 Å². The van der Waals surface area contributed by atoms with E-state index in [1.54, 1.807) is 24.3 Å². The van der Waals surface area contributed by atoms with Gasteiger partial charge in [-0.2, -0.15) is 0 Å². The first-order chi connectivity index (χ1) is 12.7. The summed E-state index contributed by atoms with van der Waals surface area (Å²) in [7, 11) is 0. The fourth-order valence-corrected chi connectivity index (χ4v) is 3.67. The van der Waals surface area contributed by atoms with Crippen LogP contribution in [0.2, 0.25) is 0 Å². The third-order valence-electron chi connectivity index (χ3n) is 4.65. The molecular formula is C19H18N4O2S. The molecule has 2 N–H and O–H groups in total. The fraction of sp³-hybridized carbons (Fsp3) is 0.211. The molecule has 2 amide bonds. The molecule has 1 unspecified atom stereocenters. The maximum absolute atomic E-state index is 12.4. The van der Waals surface area contributed by atoms with E-state index in [1.807, 2.05) is 35.2 Å². The maximum Gasteiger partial charge on any atom is 0.261 e. The number of carbonyl (C=O) groups is 2. The minimum Gasteiger partial charge on any atom is -0.300 e. The summed E-state index contributed by atoms with van der Waals surface area (Å²) in [6, 6.07) is 16.8. The van der Waals surface area contributed by atoms with Gasteiger partial charge >= 0.3 is 0 Å². The zero-order chi connectivity index (χ0) is 18.1. The first-order valence-corrected chi connectivity index (χ1v) is 8.92. The molecule has 2 heterocycles. The van der Waals surface area contributed by atoms with E-state index in [9.17, 15) is 9.59 Å². The summed E-state index contributed by atoms with van der Waals surface area (Å²) in [5.41, 5.74) is 8.14. The van der Waals surface area contributed by atoms with Gasteiger partial charge in [-0.1, -0.05) is 30.3 Å². The number of nitrogens with one attached hydrogen (secondary N) is 2. The lowest BCUT2D eigenvalue weighted by Gasteiger charge is -2.24. The zero-order valence-corrected chi connectivity index (χ0v) is 14.8. The Morgan fingerprint density at radius 1 is 0.923 bits per heavy atom. The molecule has 0 radical (unpaired) electrons. The van der Waals surface area contributed by atoms with Crippen molar-refractivity contribution in [3.63, 3.8) is 0 Å². The molecule has 0 aromatic heterocycles. The fourth-order valence-electron chi connectivity index (χ4n) is 3.38. The van der Waals surface area contributed by atoms with Crippen LogP contribution in [0.1, 0.15) is 33.6 Å². The van der Waals surface area contributed by atoms with Crippen LogP contribution in [0, 0.1) is 0 Å². The SMILES string of the molecule is O=C1c2ccccc2C(=O)N1CCCC1NNC(=S)N1c1ccccc1. The monoisotopic (exact) mass is 366 g/mol. The number of thiocarbonyl (C=S) groups is 1. The van der Waals surface area contributed by atoms with E-state index >= 15 is 0 Å². The smallest absolute Gasteiger partial charge is 0.261 e. The number of imide groups is 1. The van der Waals surface area contributed by atoms with Crippen LogP contribution in [-0.4, -0.2) is 34.5 Å². The molecule has 4 rings (SSSR count). The van der Waals surface area contributed by atoms with Crippen molar-refractivity contribution in [3.8, 4) is 0 Å². The van der Waals surface area contributed by atoms with Gasteiger partial charge < -0.3 is 4.90 Å². The number of amides is 2. The molecule has 1 fully saturated rings. The van der Waals surface area contributed by atoms with E-state index in [1.165, 1.54) is 4.90 Å². The third-order valence-corrected chi connectivity index (χ3v) is 4.95. The van der Waals surface area contributed by atoms with Crippen LogP contribution < -0.4 is 15.8 Å². The topological polar surface area (TPSA) is 64.7 Å². The molecule has 0 aliphatic carbocycles. The van der Waals surface area contributed by atoms with Crippen molar-refractivity contribution in [2.75, 3.05) is 11.4 Å². The Labute approximate surface area is 156 Å². The summed E-state index contributed by atoms with van der Waals surface area (Å²) < 4.78 is 0. The van der Waals surface area contributed by atoms with Crippen LogP contribution in [0.3, 0.4) is 0 Å². The highest BCUT2D eigenvalue weighted by atomic mass is 32.1. The number of nitrogens with zero attached hydrogens (tertiary/aromatic N) is 2. The summed E-state index contributed by atoms with van der Waals surface area (Å²) >= 11 is 5.38. The first kappa shape index (κ1) is 16.7. The predicted octanol–water partition coefficient (Wildman–Crippen LogP) is 2.29. The lowest BCUT2D eigenvalue weighted by molar-refractivity contribution is 0.0650. The van der Waals surface area contributed by atoms with Gasteiger partial charge in [0.05, 0.1) is 11.1 Å². The number of para-hydroxylation sites is 1. The Morgan fingerprint density at radius 2 is 1.54 bits per heavy atom. The minimum atomic E-state index is -0.210. The highest BCUT2D eigenvalue weighted by molar-refractivity contribution is 7.80. The molecule has 7 heteroatoms. The van der Waals surface area contributed by atoms with E-state index in [-0.39, 0.29) is 18.0 Å². The average Bonchev–Trinajstić information content (AvgIpc) is 3.15. The van der Waals surface area contributed by atoms with Crippen molar-refractivity contribution in [1.29, 1.82) is 0 Å². The molecule has 1 saturated heterocycles. The summed E-state index contributed by atoms with van der Waals surface area (Å²) in [5, 5.41) is 0.613. The Balaban J connectivity index is 1.40. The second-order valence-corrected chi connectivity index (χ2v) is 6.63. The molecule has 132 valence electrons. The Kier molecular flexibility index (Phi) is 4.40. The first-order valence-electron chi connectivity index (χ1n) is 8.52. The Bertz CT molecular complexity index is 836. The normalized spacial score (nSPS) is 19.1. The second kappa shape index (κ2) is 6.86. The molecule has 0 spiro atoms. The largest absolute Gasteiger partial charge is 0.300 e. The average molecular weight is 366 g/mol. The highest BCUT2D eigenvalue weighted by Gasteiger charge is 2.35. The molecule has 2 aliphatic rings. The van der Waals surface area contributed by atoms with E-state index < -0.39 is 0 Å². The molecule has 2 aliphatic heterocycles. The van der Waals surface area contributed by atoms with Crippen molar-refractivity contribution in [2.24, 2.45) is 0 Å². The van der Waals surface area contributed by atoms with E-state index in [4.69, 9.17) is 12.2 Å². The zero-order valence-electron chi connectivity index (χ0n) is 14.0. The molecule has 1 atom stereocenters. The molecule has 0 bridgehead atoms. The van der Waals surface area contributed by atoms with Crippen molar-refractivity contribution >= 4 is 34.8 Å². The number of hydrogen-bond donors (Lipinski definition) is 2. The molecule has 26 heavy (non-hydrogen) atoms. The van der Waals surface area contributed by atoms with Gasteiger partial charge in [-0.25, -0.2) is 5.43 Å². The van der Waals surface area contributed by atoms with E-state index in [0.717, 1.165) is 12.1 Å². The molecular weight excluding hydrogens is 348 g/mol. The number of anilines is 1. The van der Waals surface area contributed by atoms with Gasteiger partial charge in [-0.3, -0.25) is 19.9 Å². The molecule has 0 saturated carbocycles. The molecule has 6 nitrogen and oxygen atoms in total. The van der Waals surface area contributed by atoms with Crippen LogP contribution >= 0.6 is 12.2 Å². The number of hydrogen-bond acceptors (Lipinski definition) is 4. The maximum atomic E-state index is 12.4. The van der Waals surface area contributed by atoms with E-state index in [0.29, 0.717) is 29.2 Å². The van der Waals surface area contributed by atoms with Crippen molar-refractivity contribution in [3.05, 3.63) is 65.7 Å². The number of benzene rings is 2. The minimum absolute atomic E-state index is 0.0277. The standard InChI is InChI=1S/C19H18N4O2S/c24-17-14-9-4-5-10-15(14)18(25)22(17)12-6-11-16-20-21-19(26)23(16)13-7-2-1-3-8-13/h1-5,7-10,16,20H,6,11-12H2,(H,21,26). The van der Waals surface area contributed by atoms with Crippen LogP contribution in [0.15, 0.2) is 54.6 Å². The lowest BCUT2D eigenvalue weighted by Crippen LogP contribution is -2.38. The molecule has 2 aromatic carbocycles. The van der Waals surface area contributed by atoms with Gasteiger partial charge in [0, 0.05) is 12.2 Å². The second-order valence-electron chi connectivity index (χ2n) is 6.25. The van der Waals surface area contributed by atoms with Gasteiger partial charge in [-0.15, -0.1) is 0 Å². The van der Waals surface area contributed by atoms with Gasteiger partial charge in [0.2, 0.25) is 0 Å². The predicted molar refractivity (Wildman–Crippen MR) is 103 cm³/mol. The Morgan fingerprint density at radius 3 is 2.19 bits per heavy atom. The van der Waals surface area contributed by atoms with Crippen LogP contribution in [-0.2, 0) is 0 Å². The summed E-state index contributed by atoms with van der Waals surface area (Å²) in [4.78, 5) is 28.2. The number of rotatable bonds is 5. The summed E-state index contributed by atoms with van der Waals surface area (Å²) in [6.45, 7) is 0.389. The number of carbonyl (C=O) groups excluding carboxylic acids is 2. The van der Waals surface area contributed by atoms with Gasteiger partial charge in [0.1, 0.15) is 6.17 Å². The van der Waals surface area contributed by atoms with Crippen LogP contribution in [0.4, 0.5) is 5.69 Å². The Hall–Kier alpha value is -2.77. The highest BCUT2D eigenvalue weighted by Crippen LogP contribution is 2.24. The van der Waals surface area contributed by atoms with E-state index in [2.05, 4.69) is 10.9 Å². The number of fused-ring (bicyclic) bond motifs is 1. The third kappa shape index (κ3) is 2.85. The van der Waals surface area contributed by atoms with Crippen molar-refractivity contribution in [1.82, 2.24) is 15.8 Å². The van der Waals surface area contributed by atoms with Crippen molar-refractivity contribution in [2.45, 2.75) is 19.0 Å². The summed E-state index contributed by atoms with van der Waals surface area (Å²) in [6.07, 6.45) is 1.38. The summed E-state index contributed by atoms with van der Waals surface area (Å²) in [5.74, 6) is -0.419. The molecule has 2 aromatic rings. The van der Waals surface area contributed by atoms with Gasteiger partial charge in [0.25, 0.3) is 11.8 Å².